The number of para-hydroxylation sites is 9. The lowest BCUT2D eigenvalue weighted by molar-refractivity contribution is 0.459. The number of ether oxygens (including phenoxy) is 3. The Morgan fingerprint density at radius 2 is 0.639 bits per heavy atom. The molecule has 8 nitrogen and oxygen atoms in total. The Labute approximate surface area is 480 Å². The molecule has 0 unspecified atom stereocenters. The molecule has 0 aliphatic carbocycles. The third-order valence-corrected chi connectivity index (χ3v) is 18.6. The van der Waals surface area contributed by atoms with Crippen LogP contribution in [-0.2, 0) is 0 Å². The molecular formula is C72H42B3N5O3. The van der Waals surface area contributed by atoms with Crippen molar-refractivity contribution in [2.24, 2.45) is 0 Å². The van der Waals surface area contributed by atoms with Gasteiger partial charge in [-0.3, -0.25) is 4.90 Å². The number of rotatable bonds is 3. The molecule has 8 aliphatic rings. The minimum Gasteiger partial charge on any atom is -0.458 e. The first-order valence-corrected chi connectivity index (χ1v) is 28.6. The van der Waals surface area contributed by atoms with Crippen LogP contribution in [0.4, 0.5) is 85.3 Å². The fourth-order valence-corrected chi connectivity index (χ4v) is 15.5. The maximum absolute atomic E-state index is 7.54. The van der Waals surface area contributed by atoms with Gasteiger partial charge in [0.15, 0.2) is 11.5 Å². The maximum Gasteiger partial charge on any atom is 0.256 e. The highest BCUT2D eigenvalue weighted by atomic mass is 16.5. The zero-order valence-electron chi connectivity index (χ0n) is 44.4. The van der Waals surface area contributed by atoms with E-state index in [1.54, 1.807) is 0 Å². The van der Waals surface area contributed by atoms with E-state index in [2.05, 4.69) is 279 Å². The van der Waals surface area contributed by atoms with Crippen LogP contribution in [0.3, 0.4) is 0 Å². The van der Waals surface area contributed by atoms with Crippen LogP contribution in [0.15, 0.2) is 255 Å². The van der Waals surface area contributed by atoms with Gasteiger partial charge in [0, 0.05) is 75.1 Å². The molecule has 12 aromatic rings. The number of fused-ring (bicyclic) bond motifs is 18. The van der Waals surface area contributed by atoms with E-state index in [0.29, 0.717) is 0 Å². The van der Waals surface area contributed by atoms with E-state index >= 15 is 0 Å². The van der Waals surface area contributed by atoms with Crippen molar-refractivity contribution in [2.75, 3.05) is 24.5 Å². The molecule has 0 saturated heterocycles. The van der Waals surface area contributed by atoms with Gasteiger partial charge in [-0.25, -0.2) is 0 Å². The van der Waals surface area contributed by atoms with Crippen LogP contribution in [0.2, 0.25) is 0 Å². The third-order valence-electron chi connectivity index (χ3n) is 18.6. The van der Waals surface area contributed by atoms with Gasteiger partial charge >= 0.3 is 0 Å². The Morgan fingerprint density at radius 3 is 1.29 bits per heavy atom. The summed E-state index contributed by atoms with van der Waals surface area (Å²) in [6.07, 6.45) is 0. The minimum absolute atomic E-state index is 0.0791. The van der Waals surface area contributed by atoms with E-state index in [1.165, 1.54) is 38.5 Å². The standard InChI is InChI=1S/C72H42B3N5O3/c1-4-20-43(21-5-1)76-52-29-13-11-27-47(52)74-50-38-49-59(40-64(50)81-62-36-18-34-57(76)68(62)74)79-54-31-15-12-28-48(54)75-51-39-60-66(82-63-37-19-35-58-71(63)80(60)56-33-17-16-32-55(56)78(58)45-24-8-3-9-25-45)42-65(51)83-67-41-61-69(72(79)70(67)75)73(49)46-26-10-14-30-53(46)77(61)44-22-6-2-7-23-44/h1-42H. The molecule has 20 rings (SSSR count). The second kappa shape index (κ2) is 16.0. The minimum atomic E-state index is -0.195. The average Bonchev–Trinajstić information content (AvgIpc) is 1.29. The summed E-state index contributed by atoms with van der Waals surface area (Å²) in [7, 11) is 0. The van der Waals surface area contributed by atoms with Gasteiger partial charge < -0.3 is 33.8 Å². The molecule has 0 spiro atoms. The summed E-state index contributed by atoms with van der Waals surface area (Å²) in [5.74, 6) is 4.88. The molecule has 8 aliphatic heterocycles. The van der Waals surface area contributed by atoms with E-state index in [1.807, 2.05) is 0 Å². The first-order chi connectivity index (χ1) is 41.2. The Morgan fingerprint density at radius 1 is 0.205 bits per heavy atom. The quantitative estimate of drug-likeness (QED) is 0.162. The summed E-state index contributed by atoms with van der Waals surface area (Å²) in [5, 5.41) is 0. The van der Waals surface area contributed by atoms with Crippen molar-refractivity contribution in [1.29, 1.82) is 0 Å². The largest absolute Gasteiger partial charge is 0.458 e. The highest BCUT2D eigenvalue weighted by Gasteiger charge is 2.53. The van der Waals surface area contributed by atoms with Crippen molar-refractivity contribution in [2.45, 2.75) is 0 Å². The molecule has 0 bridgehead atoms. The molecular weight excluding hydrogens is 1020 g/mol. The van der Waals surface area contributed by atoms with Crippen LogP contribution in [0.1, 0.15) is 0 Å². The SMILES string of the molecule is c1ccc(N2c3ccccc3B3c4cc5c(cc4Oc4cccc2c43)N2c3ccccc3B3c4cc6c(cc4Oc4cc7c(c2c43)B5c2ccccc2N7c2ccccc2)Oc2cccc3c2N6c2ccccc2N3c2ccccc2)cc1. The van der Waals surface area contributed by atoms with Gasteiger partial charge in [-0.15, -0.1) is 0 Å². The molecule has 0 aromatic heterocycles. The normalized spacial score (nSPS) is 14.6. The lowest BCUT2D eigenvalue weighted by Crippen LogP contribution is -2.68. The molecule has 0 fully saturated rings. The van der Waals surface area contributed by atoms with Crippen molar-refractivity contribution in [1.82, 2.24) is 0 Å². The van der Waals surface area contributed by atoms with Gasteiger partial charge in [0.2, 0.25) is 0 Å². The van der Waals surface area contributed by atoms with Crippen molar-refractivity contribution in [3.8, 4) is 34.5 Å². The van der Waals surface area contributed by atoms with Crippen LogP contribution < -0.4 is 87.9 Å². The number of hydrogen-bond donors (Lipinski definition) is 0. The van der Waals surface area contributed by atoms with Gasteiger partial charge in [0.05, 0.1) is 22.7 Å². The number of nitrogens with zero attached hydrogens (tertiary/aromatic N) is 5. The molecule has 11 heteroatoms. The smallest absolute Gasteiger partial charge is 0.256 e. The number of benzene rings is 12. The van der Waals surface area contributed by atoms with Crippen LogP contribution in [0, 0.1) is 0 Å². The molecule has 83 heavy (non-hydrogen) atoms. The molecule has 0 atom stereocenters. The topological polar surface area (TPSA) is 43.9 Å². The summed E-state index contributed by atoms with van der Waals surface area (Å²) in [6.45, 7) is -0.421. The van der Waals surface area contributed by atoms with Crippen LogP contribution >= 0.6 is 0 Å². The van der Waals surface area contributed by atoms with Crippen LogP contribution in [0.5, 0.6) is 34.5 Å². The fourth-order valence-electron chi connectivity index (χ4n) is 15.5. The molecule has 382 valence electrons. The van der Waals surface area contributed by atoms with Crippen LogP contribution in [0.25, 0.3) is 0 Å². The zero-order chi connectivity index (χ0) is 53.8. The molecule has 0 radical (unpaired) electrons. The predicted molar refractivity (Wildman–Crippen MR) is 340 cm³/mol. The number of anilines is 15. The fraction of sp³-hybridized carbons (Fsp3) is 0. The lowest BCUT2D eigenvalue weighted by Gasteiger charge is -2.50. The zero-order valence-corrected chi connectivity index (χ0v) is 44.4. The Balaban J connectivity index is 0.833. The summed E-state index contributed by atoms with van der Waals surface area (Å²) >= 11 is 0. The highest BCUT2D eigenvalue weighted by molar-refractivity contribution is 7.05. The van der Waals surface area contributed by atoms with E-state index in [9.17, 15) is 0 Å². The summed E-state index contributed by atoms with van der Waals surface area (Å²) < 4.78 is 22.0. The molecule has 0 saturated carbocycles. The second-order valence-electron chi connectivity index (χ2n) is 22.6. The van der Waals surface area contributed by atoms with Crippen molar-refractivity contribution in [3.63, 3.8) is 0 Å². The van der Waals surface area contributed by atoms with Gasteiger partial charge in [-0.05, 0) is 146 Å². The van der Waals surface area contributed by atoms with E-state index in [4.69, 9.17) is 14.2 Å². The summed E-state index contributed by atoms with van der Waals surface area (Å²) in [6, 6.07) is 92.6. The van der Waals surface area contributed by atoms with Gasteiger partial charge in [0.25, 0.3) is 20.1 Å². The molecule has 12 aromatic carbocycles. The third kappa shape index (κ3) is 5.68. The highest BCUT2D eigenvalue weighted by Crippen LogP contribution is 2.62. The van der Waals surface area contributed by atoms with Crippen molar-refractivity contribution in [3.05, 3.63) is 255 Å². The van der Waals surface area contributed by atoms with E-state index in [-0.39, 0.29) is 20.1 Å². The predicted octanol–water partition coefficient (Wildman–Crippen LogP) is 12.5. The van der Waals surface area contributed by atoms with Crippen LogP contribution in [-0.4, -0.2) is 20.1 Å². The molecule has 8 heterocycles. The lowest BCUT2D eigenvalue weighted by atomic mass is 9.28. The van der Waals surface area contributed by atoms with Gasteiger partial charge in [0.1, 0.15) is 28.7 Å². The maximum atomic E-state index is 7.54. The van der Waals surface area contributed by atoms with Gasteiger partial charge in [-0.1, -0.05) is 140 Å². The first kappa shape index (κ1) is 44.0. The van der Waals surface area contributed by atoms with E-state index < -0.39 is 0 Å². The van der Waals surface area contributed by atoms with Crippen molar-refractivity contribution < 1.29 is 14.2 Å². The monoisotopic (exact) mass is 1060 g/mol. The van der Waals surface area contributed by atoms with E-state index in [0.717, 1.165) is 131 Å². The Hall–Kier alpha value is -10.8. The summed E-state index contributed by atoms with van der Waals surface area (Å²) in [4.78, 5) is 12.2. The molecule has 0 N–H and O–H groups in total. The molecule has 0 amide bonds. The Kier molecular flexibility index (Phi) is 8.48. The average molecular weight is 1060 g/mol. The first-order valence-electron chi connectivity index (χ1n) is 28.6. The summed E-state index contributed by atoms with van der Waals surface area (Å²) in [5.41, 5.74) is 27.2. The van der Waals surface area contributed by atoms with Crippen molar-refractivity contribution >= 4 is 155 Å². The second-order valence-corrected chi connectivity index (χ2v) is 22.6. The Bertz CT molecular complexity index is 4870. The number of hydrogen-bond acceptors (Lipinski definition) is 8. The van der Waals surface area contributed by atoms with Gasteiger partial charge in [-0.2, -0.15) is 0 Å².